The highest BCUT2D eigenvalue weighted by Crippen LogP contribution is 2.35. The normalized spacial score (nSPS) is 11.4. The van der Waals surface area contributed by atoms with Gasteiger partial charge in [0.25, 0.3) is 5.89 Å². The molecule has 4 nitrogen and oxygen atoms in total. The van der Waals surface area contributed by atoms with Crippen molar-refractivity contribution in [1.82, 2.24) is 15.5 Å². The molecule has 0 atom stereocenters. The lowest BCUT2D eigenvalue weighted by Crippen LogP contribution is -2.25. The van der Waals surface area contributed by atoms with Gasteiger partial charge in [-0.1, -0.05) is 25.4 Å². The Labute approximate surface area is 115 Å². The van der Waals surface area contributed by atoms with E-state index in [-0.39, 0.29) is 0 Å². The van der Waals surface area contributed by atoms with Gasteiger partial charge in [0.05, 0.1) is 5.02 Å². The minimum absolute atomic E-state index is 0.460. The third-order valence-electron chi connectivity index (χ3n) is 2.45. The summed E-state index contributed by atoms with van der Waals surface area (Å²) in [5.41, 5.74) is 1.04. The fourth-order valence-corrected chi connectivity index (χ4v) is 2.68. The SMILES string of the molecule is Cc1csc(-c2nnc(CCNC(C)C)o2)c1Cl. The maximum Gasteiger partial charge on any atom is 0.259 e. The molecule has 0 saturated carbocycles. The van der Waals surface area contributed by atoms with Crippen LogP contribution in [0, 0.1) is 6.92 Å². The minimum Gasteiger partial charge on any atom is -0.420 e. The van der Waals surface area contributed by atoms with Crippen molar-refractivity contribution in [2.75, 3.05) is 6.54 Å². The monoisotopic (exact) mass is 285 g/mol. The number of hydrogen-bond acceptors (Lipinski definition) is 5. The van der Waals surface area contributed by atoms with Gasteiger partial charge in [-0.3, -0.25) is 0 Å². The van der Waals surface area contributed by atoms with E-state index >= 15 is 0 Å². The van der Waals surface area contributed by atoms with Crippen molar-refractivity contribution < 1.29 is 4.42 Å². The first-order valence-corrected chi connectivity index (χ1v) is 7.13. The van der Waals surface area contributed by atoms with E-state index < -0.39 is 0 Å². The number of aromatic nitrogens is 2. The molecular formula is C12H16ClN3OS. The van der Waals surface area contributed by atoms with E-state index in [9.17, 15) is 0 Å². The van der Waals surface area contributed by atoms with Crippen LogP contribution in [0.2, 0.25) is 5.02 Å². The van der Waals surface area contributed by atoms with Gasteiger partial charge in [-0.05, 0) is 17.9 Å². The third-order valence-corrected chi connectivity index (χ3v) is 4.14. The summed E-state index contributed by atoms with van der Waals surface area (Å²) in [6.45, 7) is 7.00. The molecule has 6 heteroatoms. The van der Waals surface area contributed by atoms with Crippen molar-refractivity contribution in [2.24, 2.45) is 0 Å². The van der Waals surface area contributed by atoms with Crippen LogP contribution in [0.5, 0.6) is 0 Å². The molecule has 0 fully saturated rings. The van der Waals surface area contributed by atoms with Crippen molar-refractivity contribution in [3.8, 4) is 10.8 Å². The number of nitrogens with one attached hydrogen (secondary N) is 1. The average Bonchev–Trinajstić information content (AvgIpc) is 2.88. The lowest BCUT2D eigenvalue weighted by atomic mass is 10.3. The maximum absolute atomic E-state index is 6.17. The van der Waals surface area contributed by atoms with Gasteiger partial charge in [0.1, 0.15) is 4.88 Å². The van der Waals surface area contributed by atoms with Crippen molar-refractivity contribution in [3.05, 3.63) is 21.9 Å². The zero-order valence-electron chi connectivity index (χ0n) is 10.7. The van der Waals surface area contributed by atoms with E-state index in [2.05, 4.69) is 29.4 Å². The maximum atomic E-state index is 6.17. The standard InChI is InChI=1S/C12H16ClN3OS/c1-7(2)14-5-4-9-15-16-12(17-9)11-10(13)8(3)6-18-11/h6-7,14H,4-5H2,1-3H3. The number of halogens is 1. The molecule has 2 aromatic rings. The molecule has 0 unspecified atom stereocenters. The first-order chi connectivity index (χ1) is 8.58. The van der Waals surface area contributed by atoms with Crippen molar-refractivity contribution in [3.63, 3.8) is 0 Å². The van der Waals surface area contributed by atoms with Gasteiger partial charge < -0.3 is 9.73 Å². The average molecular weight is 286 g/mol. The number of hydrogen-bond donors (Lipinski definition) is 1. The molecular weight excluding hydrogens is 270 g/mol. The van der Waals surface area contributed by atoms with E-state index in [0.29, 0.717) is 22.8 Å². The molecule has 0 saturated heterocycles. The molecule has 1 N–H and O–H groups in total. The fourth-order valence-electron chi connectivity index (χ4n) is 1.49. The molecule has 0 aliphatic rings. The topological polar surface area (TPSA) is 51.0 Å². The summed E-state index contributed by atoms with van der Waals surface area (Å²) >= 11 is 7.70. The molecule has 0 aromatic carbocycles. The summed E-state index contributed by atoms with van der Waals surface area (Å²) in [4.78, 5) is 0.852. The van der Waals surface area contributed by atoms with Gasteiger partial charge in [0.2, 0.25) is 5.89 Å². The Morgan fingerprint density at radius 3 is 2.83 bits per heavy atom. The highest BCUT2D eigenvalue weighted by atomic mass is 35.5. The molecule has 0 radical (unpaired) electrons. The quantitative estimate of drug-likeness (QED) is 0.916. The molecule has 18 heavy (non-hydrogen) atoms. The van der Waals surface area contributed by atoms with Crippen molar-refractivity contribution in [1.29, 1.82) is 0 Å². The van der Waals surface area contributed by atoms with Gasteiger partial charge >= 0.3 is 0 Å². The molecule has 0 amide bonds. The zero-order valence-corrected chi connectivity index (χ0v) is 12.2. The summed E-state index contributed by atoms with van der Waals surface area (Å²) in [5, 5.41) is 14.1. The number of aryl methyl sites for hydroxylation is 1. The highest BCUT2D eigenvalue weighted by molar-refractivity contribution is 7.14. The van der Waals surface area contributed by atoms with Crippen LogP contribution < -0.4 is 5.32 Å². The first-order valence-electron chi connectivity index (χ1n) is 5.87. The van der Waals surface area contributed by atoms with E-state index in [1.165, 1.54) is 11.3 Å². The number of rotatable bonds is 5. The van der Waals surface area contributed by atoms with Crippen LogP contribution in [-0.4, -0.2) is 22.8 Å². The lowest BCUT2D eigenvalue weighted by molar-refractivity contribution is 0.485. The second-order valence-electron chi connectivity index (χ2n) is 4.42. The number of thiophene rings is 1. The van der Waals surface area contributed by atoms with E-state index in [4.69, 9.17) is 16.0 Å². The largest absolute Gasteiger partial charge is 0.420 e. The van der Waals surface area contributed by atoms with Crippen LogP contribution in [0.3, 0.4) is 0 Å². The predicted molar refractivity (Wildman–Crippen MR) is 74.2 cm³/mol. The van der Waals surface area contributed by atoms with Crippen LogP contribution in [0.25, 0.3) is 10.8 Å². The van der Waals surface area contributed by atoms with Gasteiger partial charge in [-0.15, -0.1) is 21.5 Å². The summed E-state index contributed by atoms with van der Waals surface area (Å²) in [6, 6.07) is 0.460. The summed E-state index contributed by atoms with van der Waals surface area (Å²) in [7, 11) is 0. The van der Waals surface area contributed by atoms with Gasteiger partial charge in [0.15, 0.2) is 0 Å². The van der Waals surface area contributed by atoms with E-state index in [1.807, 2.05) is 12.3 Å². The van der Waals surface area contributed by atoms with Crippen LogP contribution in [0.4, 0.5) is 0 Å². The van der Waals surface area contributed by atoms with Gasteiger partial charge in [0, 0.05) is 19.0 Å². The number of nitrogens with zero attached hydrogens (tertiary/aromatic N) is 2. The van der Waals surface area contributed by atoms with Crippen LogP contribution in [-0.2, 0) is 6.42 Å². The van der Waals surface area contributed by atoms with Crippen LogP contribution in [0.1, 0.15) is 25.3 Å². The highest BCUT2D eigenvalue weighted by Gasteiger charge is 2.15. The second-order valence-corrected chi connectivity index (χ2v) is 5.68. The Morgan fingerprint density at radius 1 is 1.44 bits per heavy atom. The predicted octanol–water partition coefficient (Wildman–Crippen LogP) is 3.30. The summed E-state index contributed by atoms with van der Waals surface area (Å²) in [5.74, 6) is 1.15. The Bertz CT molecular complexity index is 521. The first kappa shape index (κ1) is 13.5. The minimum atomic E-state index is 0.460. The van der Waals surface area contributed by atoms with E-state index in [1.54, 1.807) is 0 Å². The Balaban J connectivity index is 2.04. The van der Waals surface area contributed by atoms with Crippen LogP contribution in [0.15, 0.2) is 9.80 Å². The van der Waals surface area contributed by atoms with Crippen molar-refractivity contribution in [2.45, 2.75) is 33.2 Å². The van der Waals surface area contributed by atoms with Crippen LogP contribution >= 0.6 is 22.9 Å². The molecule has 0 spiro atoms. The Morgan fingerprint density at radius 2 is 2.22 bits per heavy atom. The lowest BCUT2D eigenvalue weighted by Gasteiger charge is -2.04. The molecule has 2 heterocycles. The molecule has 0 aliphatic carbocycles. The fraction of sp³-hybridized carbons (Fsp3) is 0.500. The molecule has 0 aliphatic heterocycles. The Hall–Kier alpha value is -0.910. The Kier molecular flexibility index (Phi) is 4.37. The van der Waals surface area contributed by atoms with Gasteiger partial charge in [-0.2, -0.15) is 0 Å². The van der Waals surface area contributed by atoms with E-state index in [0.717, 1.165) is 23.4 Å². The molecule has 98 valence electrons. The zero-order chi connectivity index (χ0) is 13.1. The smallest absolute Gasteiger partial charge is 0.259 e. The summed E-state index contributed by atoms with van der Waals surface area (Å²) in [6.07, 6.45) is 0.729. The summed E-state index contributed by atoms with van der Waals surface area (Å²) < 4.78 is 5.61. The third kappa shape index (κ3) is 3.10. The molecule has 2 aromatic heterocycles. The molecule has 0 bridgehead atoms. The second kappa shape index (κ2) is 5.82. The van der Waals surface area contributed by atoms with Crippen molar-refractivity contribution >= 4 is 22.9 Å². The molecule has 2 rings (SSSR count). The van der Waals surface area contributed by atoms with Gasteiger partial charge in [-0.25, -0.2) is 0 Å².